The van der Waals surface area contributed by atoms with Gasteiger partial charge in [-0.2, -0.15) is 0 Å². The highest BCUT2D eigenvalue weighted by Crippen LogP contribution is 2.27. The maximum absolute atomic E-state index is 10.3. The van der Waals surface area contributed by atoms with Gasteiger partial charge in [-0.3, -0.25) is 0 Å². The zero-order valence-corrected chi connectivity index (χ0v) is 10.7. The second-order valence-electron chi connectivity index (χ2n) is 5.11. The van der Waals surface area contributed by atoms with Gasteiger partial charge in [0.15, 0.2) is 0 Å². The van der Waals surface area contributed by atoms with Crippen LogP contribution in [0.25, 0.3) is 0 Å². The number of rotatable bonds is 4. The van der Waals surface area contributed by atoms with E-state index >= 15 is 0 Å². The highest BCUT2D eigenvalue weighted by atomic mass is 16.3. The molecular weight excluding hydrogens is 216 g/mol. The highest BCUT2D eigenvalue weighted by Gasteiger charge is 2.28. The number of nitrogens with one attached hydrogen (secondary N) is 1. The lowest BCUT2D eigenvalue weighted by Gasteiger charge is -2.32. The molecule has 1 aromatic heterocycles. The molecule has 0 bridgehead atoms. The monoisotopic (exact) mass is 238 g/mol. The minimum Gasteiger partial charge on any atom is -0.389 e. The van der Waals surface area contributed by atoms with Gasteiger partial charge >= 0.3 is 0 Å². The Hall–Kier alpha value is -0.940. The zero-order valence-electron chi connectivity index (χ0n) is 10.7. The van der Waals surface area contributed by atoms with Crippen LogP contribution in [-0.4, -0.2) is 32.0 Å². The molecule has 96 valence electrons. The van der Waals surface area contributed by atoms with E-state index in [1.54, 1.807) is 0 Å². The Bertz CT molecular complexity index is 369. The largest absolute Gasteiger partial charge is 0.389 e. The molecule has 1 fully saturated rings. The number of aryl methyl sites for hydroxylation is 1. The highest BCUT2D eigenvalue weighted by molar-refractivity contribution is 4.93. The summed E-state index contributed by atoms with van der Waals surface area (Å²) in [5, 5.41) is 21.7. The van der Waals surface area contributed by atoms with E-state index in [1.165, 1.54) is 6.42 Å². The van der Waals surface area contributed by atoms with Crippen molar-refractivity contribution in [3.63, 3.8) is 0 Å². The van der Waals surface area contributed by atoms with Crippen LogP contribution in [0, 0.1) is 6.92 Å². The number of aromatic nitrogens is 3. The van der Waals surface area contributed by atoms with Gasteiger partial charge in [0.25, 0.3) is 0 Å². The normalized spacial score (nSPS) is 19.5. The van der Waals surface area contributed by atoms with Gasteiger partial charge in [0.05, 0.1) is 12.1 Å². The van der Waals surface area contributed by atoms with Crippen LogP contribution in [0.4, 0.5) is 0 Å². The molecule has 2 N–H and O–H groups in total. The fraction of sp³-hybridized carbons (Fsp3) is 0.833. The Labute approximate surface area is 102 Å². The van der Waals surface area contributed by atoms with Crippen LogP contribution in [0.1, 0.15) is 43.8 Å². The van der Waals surface area contributed by atoms with Crippen molar-refractivity contribution in [1.82, 2.24) is 20.1 Å². The average molecular weight is 238 g/mol. The van der Waals surface area contributed by atoms with Gasteiger partial charge in [-0.15, -0.1) is 10.2 Å². The fourth-order valence-electron chi connectivity index (χ4n) is 2.40. The molecule has 1 aliphatic carbocycles. The Morgan fingerprint density at radius 3 is 2.59 bits per heavy atom. The molecule has 0 aromatic carbocycles. The van der Waals surface area contributed by atoms with E-state index in [-0.39, 0.29) is 0 Å². The third kappa shape index (κ3) is 3.04. The van der Waals surface area contributed by atoms with Crippen LogP contribution in [0.15, 0.2) is 0 Å². The average Bonchev–Trinajstić information content (AvgIpc) is 2.62. The van der Waals surface area contributed by atoms with Crippen molar-refractivity contribution in [1.29, 1.82) is 0 Å². The van der Waals surface area contributed by atoms with Gasteiger partial charge in [-0.1, -0.05) is 19.3 Å². The first-order valence-electron chi connectivity index (χ1n) is 6.39. The Morgan fingerprint density at radius 1 is 1.29 bits per heavy atom. The van der Waals surface area contributed by atoms with Crippen molar-refractivity contribution >= 4 is 0 Å². The molecule has 1 heterocycles. The molecule has 0 radical (unpaired) electrons. The summed E-state index contributed by atoms with van der Waals surface area (Å²) in [5.74, 6) is 1.83. The summed E-state index contributed by atoms with van der Waals surface area (Å²) < 4.78 is 1.97. The van der Waals surface area contributed by atoms with Gasteiger partial charge in [-0.05, 0) is 19.8 Å². The van der Waals surface area contributed by atoms with Gasteiger partial charge in [0.2, 0.25) is 0 Å². The molecule has 1 aliphatic rings. The summed E-state index contributed by atoms with van der Waals surface area (Å²) in [6, 6.07) is 0. The lowest BCUT2D eigenvalue weighted by Crippen LogP contribution is -2.42. The maximum Gasteiger partial charge on any atom is 0.146 e. The Balaban J connectivity index is 1.81. The molecule has 0 saturated heterocycles. The van der Waals surface area contributed by atoms with Gasteiger partial charge in [0, 0.05) is 13.6 Å². The predicted molar refractivity (Wildman–Crippen MR) is 65.5 cm³/mol. The molecule has 17 heavy (non-hydrogen) atoms. The molecular formula is C12H22N4O. The summed E-state index contributed by atoms with van der Waals surface area (Å²) in [6.07, 6.45) is 5.36. The summed E-state index contributed by atoms with van der Waals surface area (Å²) in [5.41, 5.74) is -0.508. The first-order valence-corrected chi connectivity index (χ1v) is 6.39. The Morgan fingerprint density at radius 2 is 2.00 bits per heavy atom. The molecule has 2 rings (SSSR count). The lowest BCUT2D eigenvalue weighted by molar-refractivity contribution is 0.00451. The van der Waals surface area contributed by atoms with Crippen LogP contribution in [0.5, 0.6) is 0 Å². The first kappa shape index (κ1) is 12.5. The summed E-state index contributed by atoms with van der Waals surface area (Å²) >= 11 is 0. The van der Waals surface area contributed by atoms with E-state index in [4.69, 9.17) is 0 Å². The summed E-state index contributed by atoms with van der Waals surface area (Å²) in [4.78, 5) is 0. The molecule has 0 unspecified atom stereocenters. The lowest BCUT2D eigenvalue weighted by atomic mass is 9.85. The van der Waals surface area contributed by atoms with Crippen molar-refractivity contribution in [2.45, 2.75) is 51.2 Å². The first-order chi connectivity index (χ1) is 8.11. The second kappa shape index (κ2) is 5.14. The standard InChI is InChI=1S/C12H22N4O/c1-10-14-15-11(16(10)2)8-13-9-12(17)6-4-3-5-7-12/h13,17H,3-9H2,1-2H3. The van der Waals surface area contributed by atoms with Gasteiger partial charge in [0.1, 0.15) is 11.6 Å². The summed E-state index contributed by atoms with van der Waals surface area (Å²) in [6.45, 7) is 3.25. The Kier molecular flexibility index (Phi) is 3.79. The van der Waals surface area contributed by atoms with Crippen molar-refractivity contribution in [3.8, 4) is 0 Å². The topological polar surface area (TPSA) is 63.0 Å². The van der Waals surface area contributed by atoms with Crippen molar-refractivity contribution < 1.29 is 5.11 Å². The van der Waals surface area contributed by atoms with Crippen LogP contribution in [0.3, 0.4) is 0 Å². The maximum atomic E-state index is 10.3. The second-order valence-corrected chi connectivity index (χ2v) is 5.11. The van der Waals surface area contributed by atoms with Crippen molar-refractivity contribution in [2.24, 2.45) is 7.05 Å². The van der Waals surface area contributed by atoms with Crippen LogP contribution in [0.2, 0.25) is 0 Å². The number of hydrogen-bond acceptors (Lipinski definition) is 4. The molecule has 1 saturated carbocycles. The minimum absolute atomic E-state index is 0.508. The molecule has 0 spiro atoms. The third-order valence-electron chi connectivity index (χ3n) is 3.70. The molecule has 5 heteroatoms. The van der Waals surface area contributed by atoms with E-state index in [0.717, 1.165) is 37.3 Å². The van der Waals surface area contributed by atoms with E-state index in [0.29, 0.717) is 13.1 Å². The quantitative estimate of drug-likeness (QED) is 0.818. The van der Waals surface area contributed by atoms with Crippen molar-refractivity contribution in [2.75, 3.05) is 6.54 Å². The molecule has 0 amide bonds. The molecule has 0 atom stereocenters. The van der Waals surface area contributed by atoms with Gasteiger partial charge < -0.3 is 15.0 Å². The van der Waals surface area contributed by atoms with E-state index in [2.05, 4.69) is 15.5 Å². The molecule has 0 aliphatic heterocycles. The van der Waals surface area contributed by atoms with E-state index < -0.39 is 5.60 Å². The molecule has 5 nitrogen and oxygen atoms in total. The van der Waals surface area contributed by atoms with E-state index in [9.17, 15) is 5.11 Å². The SMILES string of the molecule is Cc1nnc(CNCC2(O)CCCCC2)n1C. The zero-order chi connectivity index (χ0) is 12.3. The molecule has 1 aromatic rings. The number of aliphatic hydroxyl groups is 1. The smallest absolute Gasteiger partial charge is 0.146 e. The fourth-order valence-corrected chi connectivity index (χ4v) is 2.40. The van der Waals surface area contributed by atoms with Crippen molar-refractivity contribution in [3.05, 3.63) is 11.6 Å². The van der Waals surface area contributed by atoms with E-state index in [1.807, 2.05) is 18.5 Å². The summed E-state index contributed by atoms with van der Waals surface area (Å²) in [7, 11) is 1.96. The van der Waals surface area contributed by atoms with Crippen LogP contribution >= 0.6 is 0 Å². The minimum atomic E-state index is -0.508. The van der Waals surface area contributed by atoms with Gasteiger partial charge in [-0.25, -0.2) is 0 Å². The number of nitrogens with zero attached hydrogens (tertiary/aromatic N) is 3. The van der Waals surface area contributed by atoms with Crippen LogP contribution < -0.4 is 5.32 Å². The third-order valence-corrected chi connectivity index (χ3v) is 3.70. The number of hydrogen-bond donors (Lipinski definition) is 2. The predicted octanol–water partition coefficient (Wildman–Crippen LogP) is 0.908. The van der Waals surface area contributed by atoms with Crippen LogP contribution in [-0.2, 0) is 13.6 Å².